The Morgan fingerprint density at radius 3 is 2.43 bits per heavy atom. The lowest BCUT2D eigenvalue weighted by Gasteiger charge is -2.31. The van der Waals surface area contributed by atoms with Crippen LogP contribution in [0.5, 0.6) is 0 Å². The number of carbonyl (C=O) groups excluding carboxylic acids is 1. The van der Waals surface area contributed by atoms with Crippen LogP contribution in [-0.4, -0.2) is 29.8 Å². The highest BCUT2D eigenvalue weighted by atomic mass is 19.3. The molecule has 0 unspecified atom stereocenters. The van der Waals surface area contributed by atoms with Gasteiger partial charge in [-0.1, -0.05) is 30.3 Å². The molecule has 0 saturated heterocycles. The van der Waals surface area contributed by atoms with E-state index in [1.54, 1.807) is 4.90 Å². The lowest BCUT2D eigenvalue weighted by Crippen LogP contribution is -2.40. The number of alkyl halides is 2. The molecule has 21 heavy (non-hydrogen) atoms. The second kappa shape index (κ2) is 7.01. The molecule has 1 amide bonds. The maximum Gasteiger partial charge on any atom is 0.248 e. The van der Waals surface area contributed by atoms with E-state index in [9.17, 15) is 13.6 Å². The Hall–Kier alpha value is -1.45. The van der Waals surface area contributed by atoms with E-state index in [0.717, 1.165) is 6.42 Å². The Labute approximate surface area is 125 Å². The number of benzene rings is 1. The van der Waals surface area contributed by atoms with E-state index < -0.39 is 5.92 Å². The molecule has 0 N–H and O–H groups in total. The SMILES string of the molecule is CCN(CCc1ccccc1)C(=O)C1CCC(F)(F)CC1. The Morgan fingerprint density at radius 2 is 1.86 bits per heavy atom. The van der Waals surface area contributed by atoms with Crippen LogP contribution in [-0.2, 0) is 11.2 Å². The summed E-state index contributed by atoms with van der Waals surface area (Å²) in [5.74, 6) is -2.75. The molecule has 0 heterocycles. The van der Waals surface area contributed by atoms with E-state index in [-0.39, 0.29) is 24.7 Å². The Balaban J connectivity index is 1.87. The summed E-state index contributed by atoms with van der Waals surface area (Å²) in [6.45, 7) is 3.24. The molecule has 4 heteroatoms. The molecule has 1 aliphatic carbocycles. The monoisotopic (exact) mass is 295 g/mol. The van der Waals surface area contributed by atoms with Crippen molar-refractivity contribution in [1.29, 1.82) is 0 Å². The van der Waals surface area contributed by atoms with Crippen LogP contribution in [0.25, 0.3) is 0 Å². The first-order valence-corrected chi connectivity index (χ1v) is 7.72. The van der Waals surface area contributed by atoms with Gasteiger partial charge in [0.05, 0.1) is 0 Å². The maximum atomic E-state index is 13.2. The van der Waals surface area contributed by atoms with Crippen molar-refractivity contribution < 1.29 is 13.6 Å². The third kappa shape index (κ3) is 4.51. The van der Waals surface area contributed by atoms with Gasteiger partial charge in [0.15, 0.2) is 0 Å². The van der Waals surface area contributed by atoms with Crippen LogP contribution in [0.2, 0.25) is 0 Å². The van der Waals surface area contributed by atoms with E-state index in [1.807, 2.05) is 37.3 Å². The van der Waals surface area contributed by atoms with Gasteiger partial charge in [0.2, 0.25) is 11.8 Å². The molecule has 2 rings (SSSR count). The molecule has 116 valence electrons. The first kappa shape index (κ1) is 15.9. The zero-order valence-electron chi connectivity index (χ0n) is 12.5. The Kier molecular flexibility index (Phi) is 5.32. The molecule has 1 aromatic rings. The molecular formula is C17H23F2NO. The van der Waals surface area contributed by atoms with Gasteiger partial charge in [0.25, 0.3) is 0 Å². The van der Waals surface area contributed by atoms with E-state index in [4.69, 9.17) is 0 Å². The van der Waals surface area contributed by atoms with Crippen molar-refractivity contribution in [2.75, 3.05) is 13.1 Å². The molecule has 0 aromatic heterocycles. The highest BCUT2D eigenvalue weighted by Crippen LogP contribution is 2.36. The standard InChI is InChI=1S/C17H23F2NO/c1-2-20(13-10-14-6-4-3-5-7-14)16(21)15-8-11-17(18,19)12-9-15/h3-7,15H,2,8-13H2,1H3. The molecule has 2 nitrogen and oxygen atoms in total. The number of likely N-dealkylation sites (N-methyl/N-ethyl adjacent to an activating group) is 1. The first-order chi connectivity index (χ1) is 10.0. The molecule has 1 aromatic carbocycles. The highest BCUT2D eigenvalue weighted by Gasteiger charge is 2.38. The van der Waals surface area contributed by atoms with Crippen LogP contribution >= 0.6 is 0 Å². The summed E-state index contributed by atoms with van der Waals surface area (Å²) in [4.78, 5) is 14.2. The second-order valence-electron chi connectivity index (χ2n) is 5.78. The molecule has 1 aliphatic rings. The number of carbonyl (C=O) groups is 1. The van der Waals surface area contributed by atoms with Crippen molar-refractivity contribution in [3.05, 3.63) is 35.9 Å². The fourth-order valence-corrected chi connectivity index (χ4v) is 2.88. The number of hydrogen-bond donors (Lipinski definition) is 0. The minimum absolute atomic E-state index is 0.0453. The number of amides is 1. The smallest absolute Gasteiger partial charge is 0.248 e. The van der Waals surface area contributed by atoms with Crippen molar-refractivity contribution in [3.8, 4) is 0 Å². The minimum atomic E-state index is -2.57. The van der Waals surface area contributed by atoms with Gasteiger partial charge in [-0.15, -0.1) is 0 Å². The third-order valence-corrected chi connectivity index (χ3v) is 4.27. The minimum Gasteiger partial charge on any atom is -0.342 e. The van der Waals surface area contributed by atoms with Crippen molar-refractivity contribution in [2.45, 2.75) is 45.0 Å². The molecule has 1 fully saturated rings. The van der Waals surface area contributed by atoms with Gasteiger partial charge >= 0.3 is 0 Å². The fraction of sp³-hybridized carbons (Fsp3) is 0.588. The molecule has 1 saturated carbocycles. The van der Waals surface area contributed by atoms with Crippen LogP contribution in [0.1, 0.15) is 38.2 Å². The van der Waals surface area contributed by atoms with Crippen molar-refractivity contribution in [1.82, 2.24) is 4.90 Å². The number of hydrogen-bond acceptors (Lipinski definition) is 1. The van der Waals surface area contributed by atoms with E-state index in [1.165, 1.54) is 5.56 Å². The summed E-state index contributed by atoms with van der Waals surface area (Å²) in [6.07, 6.45) is 1.13. The summed E-state index contributed by atoms with van der Waals surface area (Å²) in [7, 11) is 0. The van der Waals surface area contributed by atoms with Crippen LogP contribution < -0.4 is 0 Å². The molecule has 0 radical (unpaired) electrons. The lowest BCUT2D eigenvalue weighted by atomic mass is 9.86. The molecule has 0 spiro atoms. The van der Waals surface area contributed by atoms with Gasteiger partial charge in [0, 0.05) is 31.8 Å². The average Bonchev–Trinajstić information content (AvgIpc) is 2.48. The predicted octanol–water partition coefficient (Wildman–Crippen LogP) is 3.90. The highest BCUT2D eigenvalue weighted by molar-refractivity contribution is 5.79. The largest absolute Gasteiger partial charge is 0.342 e. The summed E-state index contributed by atoms with van der Waals surface area (Å²) in [5, 5.41) is 0. The van der Waals surface area contributed by atoms with Crippen molar-refractivity contribution in [2.24, 2.45) is 5.92 Å². The lowest BCUT2D eigenvalue weighted by molar-refractivity contribution is -0.139. The molecular weight excluding hydrogens is 272 g/mol. The van der Waals surface area contributed by atoms with Gasteiger partial charge < -0.3 is 4.90 Å². The Bertz CT molecular complexity index is 451. The second-order valence-corrected chi connectivity index (χ2v) is 5.78. The van der Waals surface area contributed by atoms with Crippen LogP contribution in [0.15, 0.2) is 30.3 Å². The molecule has 0 aliphatic heterocycles. The summed E-state index contributed by atoms with van der Waals surface area (Å²) < 4.78 is 26.3. The predicted molar refractivity (Wildman–Crippen MR) is 79.3 cm³/mol. The van der Waals surface area contributed by atoms with E-state index in [0.29, 0.717) is 25.9 Å². The van der Waals surface area contributed by atoms with Crippen molar-refractivity contribution in [3.63, 3.8) is 0 Å². The normalized spacial score (nSPS) is 18.4. The van der Waals surface area contributed by atoms with Crippen LogP contribution in [0.4, 0.5) is 8.78 Å². The third-order valence-electron chi connectivity index (χ3n) is 4.27. The van der Waals surface area contributed by atoms with E-state index >= 15 is 0 Å². The zero-order valence-corrected chi connectivity index (χ0v) is 12.5. The van der Waals surface area contributed by atoms with E-state index in [2.05, 4.69) is 0 Å². The first-order valence-electron chi connectivity index (χ1n) is 7.72. The number of nitrogens with zero attached hydrogens (tertiary/aromatic N) is 1. The number of rotatable bonds is 5. The fourth-order valence-electron chi connectivity index (χ4n) is 2.88. The van der Waals surface area contributed by atoms with Crippen LogP contribution in [0, 0.1) is 5.92 Å². The topological polar surface area (TPSA) is 20.3 Å². The quantitative estimate of drug-likeness (QED) is 0.806. The van der Waals surface area contributed by atoms with Gasteiger partial charge in [-0.05, 0) is 31.7 Å². The van der Waals surface area contributed by atoms with Gasteiger partial charge in [-0.3, -0.25) is 4.79 Å². The van der Waals surface area contributed by atoms with Crippen LogP contribution in [0.3, 0.4) is 0 Å². The summed E-state index contributed by atoms with van der Waals surface area (Å²) in [5.41, 5.74) is 1.19. The summed E-state index contributed by atoms with van der Waals surface area (Å²) >= 11 is 0. The summed E-state index contributed by atoms with van der Waals surface area (Å²) in [6, 6.07) is 10.0. The molecule has 0 atom stereocenters. The average molecular weight is 295 g/mol. The van der Waals surface area contributed by atoms with Crippen molar-refractivity contribution >= 4 is 5.91 Å². The van der Waals surface area contributed by atoms with Gasteiger partial charge in [0.1, 0.15) is 0 Å². The maximum absolute atomic E-state index is 13.2. The van der Waals surface area contributed by atoms with Gasteiger partial charge in [-0.2, -0.15) is 0 Å². The number of halogens is 2. The Morgan fingerprint density at radius 1 is 1.24 bits per heavy atom. The molecule has 0 bridgehead atoms. The zero-order chi connectivity index (χ0) is 15.3. The van der Waals surface area contributed by atoms with Gasteiger partial charge in [-0.25, -0.2) is 8.78 Å².